The molecule has 0 atom stereocenters. The van der Waals surface area contributed by atoms with Crippen LogP contribution < -0.4 is 0 Å². The zero-order valence-corrected chi connectivity index (χ0v) is 20.9. The first kappa shape index (κ1) is 26.2. The number of hydrogen-bond donors (Lipinski definition) is 0. The van der Waals surface area contributed by atoms with Crippen molar-refractivity contribution in [3.05, 3.63) is 65.0 Å². The average molecular weight is 480 g/mol. The van der Waals surface area contributed by atoms with Gasteiger partial charge in [0.15, 0.2) is 5.69 Å². The number of carbonyl (C=O) groups is 2. The van der Waals surface area contributed by atoms with E-state index < -0.39 is 11.6 Å². The summed E-state index contributed by atoms with van der Waals surface area (Å²) in [5.74, 6) is -0.419. The van der Waals surface area contributed by atoms with Gasteiger partial charge in [-0.2, -0.15) is 0 Å². The van der Waals surface area contributed by atoms with Crippen molar-refractivity contribution in [3.8, 4) is 11.1 Å². The lowest BCUT2D eigenvalue weighted by Crippen LogP contribution is -2.50. The average Bonchev–Trinajstić information content (AvgIpc) is 2.85. The van der Waals surface area contributed by atoms with Gasteiger partial charge in [-0.15, -0.1) is 0 Å². The Bertz CT molecular complexity index is 1080. The number of amides is 1. The van der Waals surface area contributed by atoms with E-state index in [1.807, 2.05) is 39.0 Å². The highest BCUT2D eigenvalue weighted by atomic mass is 16.6. The molecular formula is C27H33N3O5. The van der Waals surface area contributed by atoms with Crippen molar-refractivity contribution in [1.29, 1.82) is 0 Å². The largest absolute Gasteiger partial charge is 0.465 e. The van der Waals surface area contributed by atoms with Gasteiger partial charge < -0.3 is 19.1 Å². The van der Waals surface area contributed by atoms with Crippen LogP contribution in [0.3, 0.4) is 0 Å². The SMILES string of the molecule is [C-]#[N+]c1cccc(-c2cc(COCCN3CCN(C(=O)OC(C)(C)C)CC3)cc(C(=O)OC)c2)c1. The van der Waals surface area contributed by atoms with E-state index in [2.05, 4.69) is 9.74 Å². The first-order valence-electron chi connectivity index (χ1n) is 11.7. The maximum Gasteiger partial charge on any atom is 0.410 e. The summed E-state index contributed by atoms with van der Waals surface area (Å²) in [7, 11) is 1.35. The molecule has 0 aliphatic carbocycles. The molecule has 2 aromatic rings. The number of piperazine rings is 1. The second-order valence-corrected chi connectivity index (χ2v) is 9.43. The molecular weight excluding hydrogens is 446 g/mol. The zero-order valence-electron chi connectivity index (χ0n) is 20.9. The minimum atomic E-state index is -0.493. The lowest BCUT2D eigenvalue weighted by molar-refractivity contribution is 0.0110. The van der Waals surface area contributed by atoms with Crippen LogP contribution in [-0.4, -0.2) is 73.9 Å². The first-order valence-corrected chi connectivity index (χ1v) is 11.7. The fourth-order valence-corrected chi connectivity index (χ4v) is 3.80. The third-order valence-corrected chi connectivity index (χ3v) is 5.57. The van der Waals surface area contributed by atoms with E-state index in [0.29, 0.717) is 37.6 Å². The minimum absolute atomic E-state index is 0.267. The van der Waals surface area contributed by atoms with Crippen molar-refractivity contribution in [1.82, 2.24) is 9.80 Å². The summed E-state index contributed by atoms with van der Waals surface area (Å²) in [5, 5.41) is 0. The molecule has 2 aromatic carbocycles. The van der Waals surface area contributed by atoms with Gasteiger partial charge in [-0.1, -0.05) is 18.2 Å². The number of carbonyl (C=O) groups excluding carboxylic acids is 2. The van der Waals surface area contributed by atoms with E-state index in [4.69, 9.17) is 20.8 Å². The molecule has 0 unspecified atom stereocenters. The Morgan fingerprint density at radius 1 is 1.03 bits per heavy atom. The molecule has 1 saturated heterocycles. The predicted molar refractivity (Wildman–Crippen MR) is 133 cm³/mol. The normalized spacial score (nSPS) is 14.3. The quantitative estimate of drug-likeness (QED) is 0.324. The third-order valence-electron chi connectivity index (χ3n) is 5.57. The number of benzene rings is 2. The fraction of sp³-hybridized carbons (Fsp3) is 0.444. The molecule has 0 radical (unpaired) electrons. The Hall–Kier alpha value is -3.41. The van der Waals surface area contributed by atoms with Crippen LogP contribution in [0.5, 0.6) is 0 Å². The van der Waals surface area contributed by atoms with Crippen LogP contribution in [0.1, 0.15) is 36.7 Å². The zero-order chi connectivity index (χ0) is 25.4. The number of esters is 1. The summed E-state index contributed by atoms with van der Waals surface area (Å²) in [6.45, 7) is 17.3. The van der Waals surface area contributed by atoms with Crippen LogP contribution in [0.4, 0.5) is 10.5 Å². The Morgan fingerprint density at radius 3 is 2.43 bits per heavy atom. The second-order valence-electron chi connectivity index (χ2n) is 9.43. The van der Waals surface area contributed by atoms with Crippen molar-refractivity contribution >= 4 is 17.7 Å². The third kappa shape index (κ3) is 7.81. The Morgan fingerprint density at radius 2 is 1.77 bits per heavy atom. The molecule has 3 rings (SSSR count). The van der Waals surface area contributed by atoms with Crippen LogP contribution in [0, 0.1) is 6.57 Å². The van der Waals surface area contributed by atoms with Gasteiger partial charge in [-0.3, -0.25) is 4.90 Å². The highest BCUT2D eigenvalue weighted by molar-refractivity contribution is 5.91. The second kappa shape index (κ2) is 11.8. The molecule has 0 N–H and O–H groups in total. The highest BCUT2D eigenvalue weighted by Crippen LogP contribution is 2.27. The van der Waals surface area contributed by atoms with Crippen LogP contribution in [-0.2, 0) is 20.8 Å². The molecule has 1 heterocycles. The molecule has 1 aliphatic rings. The maximum atomic E-state index is 12.2. The molecule has 0 saturated carbocycles. The molecule has 0 spiro atoms. The number of hydrogen-bond acceptors (Lipinski definition) is 6. The standard InChI is InChI=1S/C27H33N3O5/c1-27(2,3)35-26(32)30-11-9-29(10-12-30)13-14-34-19-20-15-22(17-23(16-20)25(31)33-5)21-7-6-8-24(18-21)28-4/h6-8,15-18H,9-14,19H2,1-3,5H3. The van der Waals surface area contributed by atoms with Gasteiger partial charge in [-0.05, 0) is 61.7 Å². The van der Waals surface area contributed by atoms with E-state index in [0.717, 1.165) is 36.3 Å². The molecule has 1 amide bonds. The van der Waals surface area contributed by atoms with Crippen LogP contribution in [0.2, 0.25) is 0 Å². The highest BCUT2D eigenvalue weighted by Gasteiger charge is 2.25. The van der Waals surface area contributed by atoms with Crippen LogP contribution >= 0.6 is 0 Å². The summed E-state index contributed by atoms with van der Waals surface area (Å²) in [6, 6.07) is 12.8. The van der Waals surface area contributed by atoms with E-state index in [-0.39, 0.29) is 6.09 Å². The number of rotatable bonds is 7. The maximum absolute atomic E-state index is 12.2. The summed E-state index contributed by atoms with van der Waals surface area (Å²) in [6.07, 6.45) is -0.267. The van der Waals surface area contributed by atoms with E-state index >= 15 is 0 Å². The molecule has 35 heavy (non-hydrogen) atoms. The molecule has 8 heteroatoms. The van der Waals surface area contributed by atoms with Crippen molar-refractivity contribution in [2.45, 2.75) is 33.0 Å². The van der Waals surface area contributed by atoms with Crippen molar-refractivity contribution in [2.24, 2.45) is 0 Å². The molecule has 0 aromatic heterocycles. The van der Waals surface area contributed by atoms with Gasteiger partial charge >= 0.3 is 12.1 Å². The lowest BCUT2D eigenvalue weighted by Gasteiger charge is -2.35. The van der Waals surface area contributed by atoms with Crippen LogP contribution in [0.25, 0.3) is 16.0 Å². The smallest absolute Gasteiger partial charge is 0.410 e. The monoisotopic (exact) mass is 479 g/mol. The van der Waals surface area contributed by atoms with E-state index in [1.165, 1.54) is 7.11 Å². The van der Waals surface area contributed by atoms with E-state index in [9.17, 15) is 9.59 Å². The van der Waals surface area contributed by atoms with Gasteiger partial charge in [0, 0.05) is 32.7 Å². The number of nitrogens with zero attached hydrogens (tertiary/aromatic N) is 3. The van der Waals surface area contributed by atoms with Gasteiger partial charge in [0.1, 0.15) is 5.60 Å². The molecule has 1 aliphatic heterocycles. The summed E-state index contributed by atoms with van der Waals surface area (Å²) in [4.78, 5) is 31.9. The van der Waals surface area contributed by atoms with Crippen molar-refractivity contribution in [3.63, 3.8) is 0 Å². The Labute approximate surface area is 207 Å². The molecule has 1 fully saturated rings. The van der Waals surface area contributed by atoms with Gasteiger partial charge in [0.05, 0.1) is 32.5 Å². The number of ether oxygens (including phenoxy) is 3. The van der Waals surface area contributed by atoms with E-state index in [1.54, 1.807) is 29.2 Å². The molecule has 0 bridgehead atoms. The molecule has 8 nitrogen and oxygen atoms in total. The summed E-state index contributed by atoms with van der Waals surface area (Å²) in [5.41, 5.74) is 3.02. The topological polar surface area (TPSA) is 72.7 Å². The first-order chi connectivity index (χ1) is 16.7. The summed E-state index contributed by atoms with van der Waals surface area (Å²) < 4.78 is 16.3. The van der Waals surface area contributed by atoms with Crippen molar-refractivity contribution < 1.29 is 23.8 Å². The van der Waals surface area contributed by atoms with Gasteiger partial charge in [0.2, 0.25) is 0 Å². The minimum Gasteiger partial charge on any atom is -0.465 e. The summed E-state index contributed by atoms with van der Waals surface area (Å²) >= 11 is 0. The number of methoxy groups -OCH3 is 1. The Kier molecular flexibility index (Phi) is 8.85. The predicted octanol–water partition coefficient (Wildman–Crippen LogP) is 4.76. The molecule has 186 valence electrons. The van der Waals surface area contributed by atoms with Gasteiger partial charge in [-0.25, -0.2) is 14.4 Å². The van der Waals surface area contributed by atoms with Gasteiger partial charge in [0.25, 0.3) is 0 Å². The fourth-order valence-electron chi connectivity index (χ4n) is 3.80. The Balaban J connectivity index is 1.55. The van der Waals surface area contributed by atoms with Crippen molar-refractivity contribution in [2.75, 3.05) is 46.4 Å². The lowest BCUT2D eigenvalue weighted by atomic mass is 9.99. The van der Waals surface area contributed by atoms with Crippen LogP contribution in [0.15, 0.2) is 42.5 Å².